The van der Waals surface area contributed by atoms with Crippen LogP contribution in [0.4, 0.5) is 0 Å². The van der Waals surface area contributed by atoms with Crippen molar-refractivity contribution in [1.82, 2.24) is 0 Å². The van der Waals surface area contributed by atoms with Crippen molar-refractivity contribution in [3.63, 3.8) is 0 Å². The Balaban J connectivity index is 1.94. The van der Waals surface area contributed by atoms with Gasteiger partial charge in [-0.1, -0.05) is 70.0 Å². The zero-order chi connectivity index (χ0) is 14.8. The average molecular weight is 361 g/mol. The van der Waals surface area contributed by atoms with Crippen molar-refractivity contribution in [1.29, 1.82) is 0 Å². The van der Waals surface area contributed by atoms with Crippen LogP contribution < -0.4 is 5.73 Å². The smallest absolute Gasteiger partial charge is 0.0420 e. The summed E-state index contributed by atoms with van der Waals surface area (Å²) in [5, 5.41) is 3.21. The highest BCUT2D eigenvalue weighted by Crippen LogP contribution is 2.27. The summed E-state index contributed by atoms with van der Waals surface area (Å²) in [6.45, 7) is 0. The molecule has 3 rings (SSSR count). The molecule has 0 radical (unpaired) electrons. The molecule has 2 N–H and O–H groups in total. The second-order valence-corrected chi connectivity index (χ2v) is 6.50. The molecule has 0 saturated carbocycles. The van der Waals surface area contributed by atoms with Crippen LogP contribution in [-0.2, 0) is 6.42 Å². The lowest BCUT2D eigenvalue weighted by Crippen LogP contribution is -2.13. The predicted molar refractivity (Wildman–Crippen MR) is 93.7 cm³/mol. The molecular formula is C18H15BrClN. The van der Waals surface area contributed by atoms with E-state index in [1.807, 2.05) is 18.2 Å². The summed E-state index contributed by atoms with van der Waals surface area (Å²) in [5.41, 5.74) is 8.68. The van der Waals surface area contributed by atoms with Gasteiger partial charge in [-0.3, -0.25) is 0 Å². The summed E-state index contributed by atoms with van der Waals surface area (Å²) in [5.74, 6) is 0. The van der Waals surface area contributed by atoms with Gasteiger partial charge in [-0.15, -0.1) is 0 Å². The van der Waals surface area contributed by atoms with Crippen molar-refractivity contribution < 1.29 is 0 Å². The van der Waals surface area contributed by atoms with Crippen LogP contribution in [0.15, 0.2) is 65.1 Å². The highest BCUT2D eigenvalue weighted by molar-refractivity contribution is 9.10. The monoisotopic (exact) mass is 359 g/mol. The molecule has 0 saturated heterocycles. The van der Waals surface area contributed by atoms with Crippen LogP contribution in [0.3, 0.4) is 0 Å². The van der Waals surface area contributed by atoms with Gasteiger partial charge in [0.15, 0.2) is 0 Å². The van der Waals surface area contributed by atoms with Gasteiger partial charge in [-0.2, -0.15) is 0 Å². The maximum atomic E-state index is 6.38. The van der Waals surface area contributed by atoms with E-state index in [4.69, 9.17) is 17.3 Å². The first-order valence-corrected chi connectivity index (χ1v) is 7.99. The summed E-state index contributed by atoms with van der Waals surface area (Å²) >= 11 is 9.57. The van der Waals surface area contributed by atoms with Crippen LogP contribution in [0.2, 0.25) is 5.02 Å². The molecule has 0 amide bonds. The number of hydrogen-bond acceptors (Lipinski definition) is 1. The van der Waals surface area contributed by atoms with E-state index in [9.17, 15) is 0 Å². The van der Waals surface area contributed by atoms with Gasteiger partial charge >= 0.3 is 0 Å². The topological polar surface area (TPSA) is 26.0 Å². The van der Waals surface area contributed by atoms with Crippen molar-refractivity contribution in [2.45, 2.75) is 12.5 Å². The fraction of sp³-hybridized carbons (Fsp3) is 0.111. The third-order valence-electron chi connectivity index (χ3n) is 3.63. The van der Waals surface area contributed by atoms with E-state index in [0.29, 0.717) is 5.02 Å². The maximum absolute atomic E-state index is 6.38. The first kappa shape index (κ1) is 14.6. The Morgan fingerprint density at radius 1 is 1.00 bits per heavy atom. The minimum atomic E-state index is -0.0780. The number of benzene rings is 3. The number of hydrogen-bond donors (Lipinski definition) is 1. The van der Waals surface area contributed by atoms with Crippen LogP contribution in [0.1, 0.15) is 17.2 Å². The predicted octanol–water partition coefficient (Wildman–Crippen LogP) is 5.50. The molecule has 0 heterocycles. The van der Waals surface area contributed by atoms with E-state index < -0.39 is 0 Å². The quantitative estimate of drug-likeness (QED) is 0.656. The molecule has 1 atom stereocenters. The van der Waals surface area contributed by atoms with Crippen molar-refractivity contribution >= 4 is 38.3 Å². The Morgan fingerprint density at radius 2 is 1.76 bits per heavy atom. The highest BCUT2D eigenvalue weighted by atomic mass is 79.9. The molecule has 0 bridgehead atoms. The van der Waals surface area contributed by atoms with E-state index in [1.165, 1.54) is 16.3 Å². The molecular weight excluding hydrogens is 346 g/mol. The SMILES string of the molecule is NC(Cc1cccc2ccccc12)c1cc(Cl)cc(Br)c1. The van der Waals surface area contributed by atoms with E-state index in [0.717, 1.165) is 16.5 Å². The van der Waals surface area contributed by atoms with Gasteiger partial charge < -0.3 is 5.73 Å². The lowest BCUT2D eigenvalue weighted by atomic mass is 9.95. The zero-order valence-electron chi connectivity index (χ0n) is 11.4. The molecule has 3 aromatic rings. The minimum Gasteiger partial charge on any atom is -0.324 e. The van der Waals surface area contributed by atoms with E-state index in [1.54, 1.807) is 0 Å². The molecule has 1 unspecified atom stereocenters. The van der Waals surface area contributed by atoms with Crippen LogP contribution in [0.5, 0.6) is 0 Å². The van der Waals surface area contributed by atoms with Crippen molar-refractivity contribution in [3.8, 4) is 0 Å². The van der Waals surface area contributed by atoms with Gasteiger partial charge in [0.05, 0.1) is 0 Å². The molecule has 0 aliphatic heterocycles. The number of halogens is 2. The first-order valence-electron chi connectivity index (χ1n) is 6.82. The lowest BCUT2D eigenvalue weighted by Gasteiger charge is -2.15. The Labute approximate surface area is 137 Å². The largest absolute Gasteiger partial charge is 0.324 e. The maximum Gasteiger partial charge on any atom is 0.0420 e. The number of fused-ring (bicyclic) bond motifs is 1. The van der Waals surface area contributed by atoms with Gasteiger partial charge in [-0.25, -0.2) is 0 Å². The molecule has 0 fully saturated rings. The van der Waals surface area contributed by atoms with E-state index in [2.05, 4.69) is 58.4 Å². The molecule has 1 nitrogen and oxygen atoms in total. The number of rotatable bonds is 3. The molecule has 106 valence electrons. The Hall–Kier alpha value is -1.35. The second kappa shape index (κ2) is 6.18. The van der Waals surface area contributed by atoms with Crippen LogP contribution >= 0.6 is 27.5 Å². The number of nitrogens with two attached hydrogens (primary N) is 1. The normalized spacial score (nSPS) is 12.5. The molecule has 0 spiro atoms. The summed E-state index contributed by atoms with van der Waals surface area (Å²) < 4.78 is 0.957. The Bertz CT molecular complexity index is 760. The first-order chi connectivity index (χ1) is 10.1. The fourth-order valence-electron chi connectivity index (χ4n) is 2.61. The summed E-state index contributed by atoms with van der Waals surface area (Å²) in [6, 6.07) is 20.5. The standard InChI is InChI=1S/C18H15BrClN/c19-15-8-14(9-16(20)11-15)18(21)10-13-6-3-5-12-4-1-2-7-17(12)13/h1-9,11,18H,10,21H2. The third kappa shape index (κ3) is 3.29. The van der Waals surface area contributed by atoms with E-state index in [-0.39, 0.29) is 6.04 Å². The summed E-state index contributed by atoms with van der Waals surface area (Å²) in [4.78, 5) is 0. The van der Waals surface area contributed by atoms with Crippen LogP contribution in [0, 0.1) is 0 Å². The van der Waals surface area contributed by atoms with Crippen molar-refractivity contribution in [2.75, 3.05) is 0 Å². The average Bonchev–Trinajstić information content (AvgIpc) is 2.46. The summed E-state index contributed by atoms with van der Waals surface area (Å²) in [6.07, 6.45) is 0.786. The van der Waals surface area contributed by atoms with Crippen molar-refractivity contribution in [2.24, 2.45) is 5.73 Å². The van der Waals surface area contributed by atoms with Gasteiger partial charge in [0.25, 0.3) is 0 Å². The van der Waals surface area contributed by atoms with Crippen molar-refractivity contribution in [3.05, 3.63) is 81.3 Å². The second-order valence-electron chi connectivity index (χ2n) is 5.15. The summed E-state index contributed by atoms with van der Waals surface area (Å²) in [7, 11) is 0. The molecule has 21 heavy (non-hydrogen) atoms. The van der Waals surface area contributed by atoms with Crippen LogP contribution in [0.25, 0.3) is 10.8 Å². The van der Waals surface area contributed by atoms with Crippen LogP contribution in [-0.4, -0.2) is 0 Å². The van der Waals surface area contributed by atoms with Gasteiger partial charge in [0.1, 0.15) is 0 Å². The molecule has 0 aliphatic rings. The Kier molecular flexibility index (Phi) is 4.29. The molecule has 0 aliphatic carbocycles. The fourth-order valence-corrected chi connectivity index (χ4v) is 3.50. The third-order valence-corrected chi connectivity index (χ3v) is 4.31. The molecule has 3 heteroatoms. The zero-order valence-corrected chi connectivity index (χ0v) is 13.7. The minimum absolute atomic E-state index is 0.0780. The van der Waals surface area contributed by atoms with Gasteiger partial charge in [0.2, 0.25) is 0 Å². The van der Waals surface area contributed by atoms with Gasteiger partial charge in [0, 0.05) is 15.5 Å². The molecule has 0 aromatic heterocycles. The van der Waals surface area contributed by atoms with E-state index >= 15 is 0 Å². The lowest BCUT2D eigenvalue weighted by molar-refractivity contribution is 0.725. The highest BCUT2D eigenvalue weighted by Gasteiger charge is 2.11. The molecule has 3 aromatic carbocycles. The van der Waals surface area contributed by atoms with Gasteiger partial charge in [-0.05, 0) is 46.5 Å². The Morgan fingerprint density at radius 3 is 2.57 bits per heavy atom.